The quantitative estimate of drug-likeness (QED) is 0.0505. The van der Waals surface area contributed by atoms with Crippen LogP contribution in [0.15, 0.2) is 212 Å². The van der Waals surface area contributed by atoms with E-state index in [0.717, 1.165) is 22.3 Å². The molecule has 14 nitrogen and oxygen atoms in total. The highest BCUT2D eigenvalue weighted by atomic mass is 16.7. The summed E-state index contributed by atoms with van der Waals surface area (Å²) in [7, 11) is 0. The van der Waals surface area contributed by atoms with Crippen LogP contribution in [0.1, 0.15) is 53.3 Å². The van der Waals surface area contributed by atoms with Gasteiger partial charge < -0.3 is 52.5 Å². The summed E-state index contributed by atoms with van der Waals surface area (Å²) < 4.78 is 65.2. The maximum Gasteiger partial charge on any atom is 0.338 e. The van der Waals surface area contributed by atoms with Gasteiger partial charge in [0.2, 0.25) is 0 Å². The van der Waals surface area contributed by atoms with E-state index in [1.165, 1.54) is 24.3 Å². The molecule has 0 aliphatic carbocycles. The van der Waals surface area contributed by atoms with Gasteiger partial charge in [0.05, 0.1) is 56.3 Å². The van der Waals surface area contributed by atoms with Gasteiger partial charge in [-0.2, -0.15) is 0 Å². The first-order valence-corrected chi connectivity index (χ1v) is 24.8. The molecule has 2 fully saturated rings. The van der Waals surface area contributed by atoms with Crippen LogP contribution in [0.4, 0.5) is 0 Å². The summed E-state index contributed by atoms with van der Waals surface area (Å²) >= 11 is 0. The maximum atomic E-state index is 14.1. The first kappa shape index (κ1) is 52.5. The molecule has 1 unspecified atom stereocenters. The van der Waals surface area contributed by atoms with Crippen LogP contribution in [-0.2, 0) is 73.8 Å². The lowest BCUT2D eigenvalue weighted by Crippen LogP contribution is -2.64. The van der Waals surface area contributed by atoms with Crippen LogP contribution in [0.5, 0.6) is 0 Å². The Bertz CT molecular complexity index is 2810. The Hall–Kier alpha value is -7.37. The van der Waals surface area contributed by atoms with E-state index in [1.807, 2.05) is 121 Å². The Morgan fingerprint density at radius 3 is 1.13 bits per heavy atom. The Morgan fingerprint density at radius 1 is 0.347 bits per heavy atom. The molecule has 2 heterocycles. The van der Waals surface area contributed by atoms with E-state index in [-0.39, 0.29) is 49.7 Å². The van der Waals surface area contributed by atoms with Gasteiger partial charge in [0.1, 0.15) is 30.5 Å². The molecule has 0 aromatic heterocycles. The number of rotatable bonds is 22. The van der Waals surface area contributed by atoms with Gasteiger partial charge in [-0.25, -0.2) is 14.4 Å². The Morgan fingerprint density at radius 2 is 0.693 bits per heavy atom. The van der Waals surface area contributed by atoms with Crippen LogP contribution in [0.3, 0.4) is 0 Å². The second-order valence-electron chi connectivity index (χ2n) is 17.9. The molecule has 7 aromatic rings. The zero-order valence-corrected chi connectivity index (χ0v) is 41.0. The third kappa shape index (κ3) is 14.5. The van der Waals surface area contributed by atoms with Crippen molar-refractivity contribution in [3.05, 3.63) is 251 Å². The van der Waals surface area contributed by atoms with Gasteiger partial charge >= 0.3 is 17.9 Å². The van der Waals surface area contributed by atoms with Crippen molar-refractivity contribution in [1.29, 1.82) is 0 Å². The van der Waals surface area contributed by atoms with Crippen LogP contribution in [0.25, 0.3) is 0 Å². The standard InChI is InChI=1S/C61H58O14/c62-57(46-30-16-5-17-31-46)73-52-50(71-60(65)55(75-59(64)48-34-20-7-21-35-48)54(52)74-58(63)47-32-18-6-19-33-47)41-70-61-56(69-39-45-28-14-4-15-29-45)53(68-38-44-26-12-3-13-27-44)51(67-37-43-24-10-2-11-25-43)49(72-61)40-66-36-42-22-8-1-9-23-42/h1-35,49-56,60-61,65H,36-41H2/t49-,50-,51-,52+,53+,54+,55-,56-,60-,61?/m1/s1. The Labute approximate surface area is 435 Å². The van der Waals surface area contributed by atoms with Crippen LogP contribution in [0, 0.1) is 0 Å². The van der Waals surface area contributed by atoms with Crippen molar-refractivity contribution in [2.45, 2.75) is 87.8 Å². The third-order valence-corrected chi connectivity index (χ3v) is 12.6. The molecule has 9 rings (SSSR count). The molecule has 14 heteroatoms. The van der Waals surface area contributed by atoms with Crippen LogP contribution in [0.2, 0.25) is 0 Å². The van der Waals surface area contributed by atoms with Crippen LogP contribution < -0.4 is 0 Å². The number of carbonyl (C=O) groups is 3. The van der Waals surface area contributed by atoms with Gasteiger partial charge in [0.15, 0.2) is 30.9 Å². The minimum absolute atomic E-state index is 0.0345. The van der Waals surface area contributed by atoms with E-state index in [2.05, 4.69) is 0 Å². The van der Waals surface area contributed by atoms with Gasteiger partial charge in [-0.05, 0) is 58.7 Å². The zero-order valence-electron chi connectivity index (χ0n) is 41.0. The van der Waals surface area contributed by atoms with Crippen molar-refractivity contribution in [3.8, 4) is 0 Å². The lowest BCUT2D eigenvalue weighted by Gasteiger charge is -2.47. The van der Waals surface area contributed by atoms with Gasteiger partial charge in [-0.1, -0.05) is 176 Å². The van der Waals surface area contributed by atoms with E-state index in [4.69, 9.17) is 47.4 Å². The van der Waals surface area contributed by atoms with Crippen molar-refractivity contribution in [1.82, 2.24) is 0 Å². The highest BCUT2D eigenvalue weighted by Gasteiger charge is 2.54. The monoisotopic (exact) mass is 1010 g/mol. The van der Waals surface area contributed by atoms with E-state index >= 15 is 0 Å². The SMILES string of the molecule is O=C(O[C@@H]1[C@@H](OC(=O)c2ccccc2)[C@H](O)O[C@H](COC2O[C@H](COCc3ccccc3)[C@@H](OCc3ccccc3)[C@H](OCc3ccccc3)[C@H]2OCc2ccccc2)[C@@H]1OC(=O)c1ccccc1)c1ccccc1. The van der Waals surface area contributed by atoms with Crippen LogP contribution >= 0.6 is 0 Å². The molecule has 0 bridgehead atoms. The number of esters is 3. The lowest BCUT2D eigenvalue weighted by atomic mass is 9.96. The van der Waals surface area contributed by atoms with Crippen molar-refractivity contribution >= 4 is 17.9 Å². The molecule has 0 saturated carbocycles. The van der Waals surface area contributed by atoms with Crippen LogP contribution in [-0.4, -0.2) is 97.6 Å². The lowest BCUT2D eigenvalue weighted by molar-refractivity contribution is -0.342. The maximum absolute atomic E-state index is 14.1. The highest BCUT2D eigenvalue weighted by Crippen LogP contribution is 2.35. The molecule has 7 aromatic carbocycles. The number of aliphatic hydroxyl groups is 1. The van der Waals surface area contributed by atoms with Gasteiger partial charge in [0, 0.05) is 0 Å². The van der Waals surface area contributed by atoms with E-state index in [0.29, 0.717) is 0 Å². The van der Waals surface area contributed by atoms with Crippen molar-refractivity contribution in [2.24, 2.45) is 0 Å². The molecule has 0 spiro atoms. The molecular formula is C61H58O14. The van der Waals surface area contributed by atoms with Gasteiger partial charge in [-0.3, -0.25) is 0 Å². The molecule has 1 N–H and O–H groups in total. The predicted molar refractivity (Wildman–Crippen MR) is 274 cm³/mol. The van der Waals surface area contributed by atoms with Gasteiger partial charge in [-0.15, -0.1) is 0 Å². The summed E-state index contributed by atoms with van der Waals surface area (Å²) in [6, 6.07) is 63.2. The fourth-order valence-electron chi connectivity index (χ4n) is 8.80. The molecule has 2 aliphatic rings. The number of aliphatic hydroxyl groups excluding tert-OH is 1. The van der Waals surface area contributed by atoms with Gasteiger partial charge in [0.25, 0.3) is 0 Å². The molecular weight excluding hydrogens is 957 g/mol. The molecule has 0 amide bonds. The fraction of sp³-hybridized carbons (Fsp3) is 0.262. The molecule has 10 atom stereocenters. The average molecular weight is 1020 g/mol. The smallest absolute Gasteiger partial charge is 0.338 e. The predicted octanol–water partition coefficient (Wildman–Crippen LogP) is 9.09. The zero-order chi connectivity index (χ0) is 51.6. The number of hydrogen-bond donors (Lipinski definition) is 1. The Kier molecular flexibility index (Phi) is 18.7. The molecule has 0 radical (unpaired) electrons. The number of benzene rings is 7. The second-order valence-corrected chi connectivity index (χ2v) is 17.9. The fourth-order valence-corrected chi connectivity index (χ4v) is 8.80. The first-order chi connectivity index (χ1) is 36.9. The van der Waals surface area contributed by atoms with Crippen molar-refractivity contribution < 1.29 is 66.9 Å². The molecule has 2 saturated heterocycles. The molecule has 386 valence electrons. The molecule has 2 aliphatic heterocycles. The average Bonchev–Trinajstić information content (AvgIpc) is 3.46. The van der Waals surface area contributed by atoms with E-state index in [9.17, 15) is 19.5 Å². The summed E-state index contributed by atoms with van der Waals surface area (Å²) in [6.45, 7) is 0.321. The summed E-state index contributed by atoms with van der Waals surface area (Å²) in [5.41, 5.74) is 4.08. The minimum Gasteiger partial charge on any atom is -0.452 e. The summed E-state index contributed by atoms with van der Waals surface area (Å²) in [5.74, 6) is -2.52. The Balaban J connectivity index is 1.07. The summed E-state index contributed by atoms with van der Waals surface area (Å²) in [4.78, 5) is 41.9. The number of hydrogen-bond acceptors (Lipinski definition) is 14. The topological polar surface area (TPSA) is 164 Å². The van der Waals surface area contributed by atoms with Crippen molar-refractivity contribution in [2.75, 3.05) is 13.2 Å². The number of ether oxygens (including phenoxy) is 10. The largest absolute Gasteiger partial charge is 0.452 e. The minimum atomic E-state index is -1.93. The first-order valence-electron chi connectivity index (χ1n) is 24.8. The molecule has 75 heavy (non-hydrogen) atoms. The van der Waals surface area contributed by atoms with Crippen molar-refractivity contribution in [3.63, 3.8) is 0 Å². The second kappa shape index (κ2) is 26.7. The van der Waals surface area contributed by atoms with E-state index < -0.39 is 85.9 Å². The summed E-state index contributed by atoms with van der Waals surface area (Å²) in [6.07, 6.45) is -13.0. The third-order valence-electron chi connectivity index (χ3n) is 12.6. The van der Waals surface area contributed by atoms with E-state index in [1.54, 1.807) is 66.7 Å². The summed E-state index contributed by atoms with van der Waals surface area (Å²) in [5, 5.41) is 11.9. The highest BCUT2D eigenvalue weighted by molar-refractivity contribution is 5.91. The number of carbonyl (C=O) groups excluding carboxylic acids is 3. The normalized spacial score (nSPS) is 23.4.